The third-order valence-electron chi connectivity index (χ3n) is 2.62. The minimum absolute atomic E-state index is 0.0660. The number of ether oxygens (including phenoxy) is 1. The number of rotatable bonds is 7. The SMILES string of the molecule is CC(C)(C)OCC(O)CNCc1ccc(CO)cc1. The van der Waals surface area contributed by atoms with Crippen molar-refractivity contribution in [3.8, 4) is 0 Å². The Morgan fingerprint density at radius 1 is 1.16 bits per heavy atom. The van der Waals surface area contributed by atoms with Crippen molar-refractivity contribution in [3.63, 3.8) is 0 Å². The molecule has 3 N–H and O–H groups in total. The number of aliphatic hydroxyl groups is 2. The molecule has 19 heavy (non-hydrogen) atoms. The first-order valence-corrected chi connectivity index (χ1v) is 6.62. The number of hydrogen-bond donors (Lipinski definition) is 3. The lowest BCUT2D eigenvalue weighted by Gasteiger charge is -2.22. The summed E-state index contributed by atoms with van der Waals surface area (Å²) in [6, 6.07) is 7.74. The molecule has 4 heteroatoms. The fourth-order valence-corrected chi connectivity index (χ4v) is 1.55. The van der Waals surface area contributed by atoms with Gasteiger partial charge in [-0.2, -0.15) is 0 Å². The average molecular weight is 267 g/mol. The minimum Gasteiger partial charge on any atom is -0.392 e. The molecule has 0 aliphatic carbocycles. The Balaban J connectivity index is 2.22. The van der Waals surface area contributed by atoms with Crippen LogP contribution in [0, 0.1) is 0 Å². The quantitative estimate of drug-likeness (QED) is 0.699. The minimum atomic E-state index is -0.504. The van der Waals surface area contributed by atoms with E-state index in [2.05, 4.69) is 5.32 Å². The molecule has 0 spiro atoms. The van der Waals surface area contributed by atoms with Gasteiger partial charge in [-0.1, -0.05) is 24.3 Å². The van der Waals surface area contributed by atoms with Crippen LogP contribution in [0.25, 0.3) is 0 Å². The van der Waals surface area contributed by atoms with Gasteiger partial charge < -0.3 is 20.3 Å². The molecule has 0 bridgehead atoms. The maximum absolute atomic E-state index is 9.75. The van der Waals surface area contributed by atoms with E-state index in [1.165, 1.54) is 0 Å². The second-order valence-corrected chi connectivity index (χ2v) is 5.68. The maximum Gasteiger partial charge on any atom is 0.0898 e. The van der Waals surface area contributed by atoms with Crippen LogP contribution in [0.2, 0.25) is 0 Å². The zero-order valence-corrected chi connectivity index (χ0v) is 12.0. The summed E-state index contributed by atoms with van der Waals surface area (Å²) in [5.41, 5.74) is 1.81. The van der Waals surface area contributed by atoms with Gasteiger partial charge in [-0.15, -0.1) is 0 Å². The van der Waals surface area contributed by atoms with E-state index in [0.717, 1.165) is 11.1 Å². The van der Waals surface area contributed by atoms with Crippen molar-refractivity contribution in [2.45, 2.75) is 45.6 Å². The van der Waals surface area contributed by atoms with Crippen molar-refractivity contribution >= 4 is 0 Å². The summed E-state index contributed by atoms with van der Waals surface area (Å²) in [7, 11) is 0. The summed E-state index contributed by atoms with van der Waals surface area (Å²) in [6.07, 6.45) is -0.504. The molecule has 0 aromatic heterocycles. The van der Waals surface area contributed by atoms with Gasteiger partial charge >= 0.3 is 0 Å². The Bertz CT molecular complexity index is 357. The standard InChI is InChI=1S/C15H25NO3/c1-15(2,3)19-11-14(18)9-16-8-12-4-6-13(10-17)7-5-12/h4-7,14,16-18H,8-11H2,1-3H3. The second kappa shape index (κ2) is 7.60. The first-order chi connectivity index (χ1) is 8.90. The number of aliphatic hydroxyl groups excluding tert-OH is 2. The van der Waals surface area contributed by atoms with E-state index in [4.69, 9.17) is 9.84 Å². The van der Waals surface area contributed by atoms with Gasteiger partial charge in [0, 0.05) is 13.1 Å². The lowest BCUT2D eigenvalue weighted by Crippen LogP contribution is -2.33. The highest BCUT2D eigenvalue weighted by Gasteiger charge is 2.13. The third-order valence-corrected chi connectivity index (χ3v) is 2.62. The Morgan fingerprint density at radius 2 is 1.74 bits per heavy atom. The van der Waals surface area contributed by atoms with Crippen LogP contribution in [0.5, 0.6) is 0 Å². The summed E-state index contributed by atoms with van der Waals surface area (Å²) in [5.74, 6) is 0. The summed E-state index contributed by atoms with van der Waals surface area (Å²) in [5, 5.41) is 21.9. The lowest BCUT2D eigenvalue weighted by atomic mass is 10.1. The van der Waals surface area contributed by atoms with E-state index >= 15 is 0 Å². The Hall–Kier alpha value is -0.940. The molecular weight excluding hydrogens is 242 g/mol. The summed E-state index contributed by atoms with van der Waals surface area (Å²) < 4.78 is 5.51. The van der Waals surface area contributed by atoms with Crippen LogP contribution in [0.1, 0.15) is 31.9 Å². The molecule has 0 amide bonds. The van der Waals surface area contributed by atoms with Gasteiger partial charge in [-0.25, -0.2) is 0 Å². The van der Waals surface area contributed by atoms with Crippen LogP contribution < -0.4 is 5.32 Å². The van der Waals surface area contributed by atoms with Crippen LogP contribution in [0.3, 0.4) is 0 Å². The molecule has 1 aromatic carbocycles. The molecule has 0 aliphatic rings. The molecule has 1 atom stereocenters. The molecule has 4 nitrogen and oxygen atoms in total. The first kappa shape index (κ1) is 16.1. The fraction of sp³-hybridized carbons (Fsp3) is 0.600. The normalized spacial score (nSPS) is 13.5. The van der Waals surface area contributed by atoms with E-state index < -0.39 is 6.10 Å². The molecule has 1 rings (SSSR count). The highest BCUT2D eigenvalue weighted by atomic mass is 16.5. The monoisotopic (exact) mass is 267 g/mol. The molecule has 0 aliphatic heterocycles. The highest BCUT2D eigenvalue weighted by Crippen LogP contribution is 2.07. The topological polar surface area (TPSA) is 61.7 Å². The summed E-state index contributed by atoms with van der Waals surface area (Å²) in [6.45, 7) is 7.49. The molecule has 0 fully saturated rings. The molecule has 0 radical (unpaired) electrons. The predicted octanol–water partition coefficient (Wildman–Crippen LogP) is 1.44. The molecular formula is C15H25NO3. The van der Waals surface area contributed by atoms with Crippen molar-refractivity contribution in [2.24, 2.45) is 0 Å². The smallest absolute Gasteiger partial charge is 0.0898 e. The van der Waals surface area contributed by atoms with Crippen LogP contribution in [0.4, 0.5) is 0 Å². The van der Waals surface area contributed by atoms with E-state index in [9.17, 15) is 5.11 Å². The molecule has 0 heterocycles. The van der Waals surface area contributed by atoms with Gasteiger partial charge in [0.2, 0.25) is 0 Å². The second-order valence-electron chi connectivity index (χ2n) is 5.68. The van der Waals surface area contributed by atoms with Crippen LogP contribution in [-0.2, 0) is 17.9 Å². The Morgan fingerprint density at radius 3 is 2.26 bits per heavy atom. The number of hydrogen-bond acceptors (Lipinski definition) is 4. The zero-order valence-electron chi connectivity index (χ0n) is 12.0. The van der Waals surface area contributed by atoms with Crippen LogP contribution >= 0.6 is 0 Å². The highest BCUT2D eigenvalue weighted by molar-refractivity contribution is 5.21. The molecule has 0 saturated carbocycles. The number of benzene rings is 1. The summed E-state index contributed by atoms with van der Waals surface area (Å²) in [4.78, 5) is 0. The lowest BCUT2D eigenvalue weighted by molar-refractivity contribution is -0.0479. The van der Waals surface area contributed by atoms with Crippen molar-refractivity contribution in [1.29, 1.82) is 0 Å². The Labute approximate surface area is 115 Å². The molecule has 1 aromatic rings. The molecule has 0 saturated heterocycles. The molecule has 108 valence electrons. The van der Waals surface area contributed by atoms with Gasteiger partial charge in [0.1, 0.15) is 0 Å². The predicted molar refractivity (Wildman–Crippen MR) is 75.8 cm³/mol. The van der Waals surface area contributed by atoms with Crippen molar-refractivity contribution in [1.82, 2.24) is 5.32 Å². The van der Waals surface area contributed by atoms with E-state index in [-0.39, 0.29) is 12.2 Å². The van der Waals surface area contributed by atoms with Crippen molar-refractivity contribution < 1.29 is 14.9 Å². The van der Waals surface area contributed by atoms with Gasteiger partial charge in [-0.3, -0.25) is 0 Å². The first-order valence-electron chi connectivity index (χ1n) is 6.62. The van der Waals surface area contributed by atoms with Gasteiger partial charge in [0.25, 0.3) is 0 Å². The van der Waals surface area contributed by atoms with Gasteiger partial charge in [-0.05, 0) is 31.9 Å². The van der Waals surface area contributed by atoms with E-state index in [0.29, 0.717) is 19.7 Å². The average Bonchev–Trinajstić information content (AvgIpc) is 2.36. The van der Waals surface area contributed by atoms with Crippen LogP contribution in [-0.4, -0.2) is 35.1 Å². The van der Waals surface area contributed by atoms with Crippen LogP contribution in [0.15, 0.2) is 24.3 Å². The Kier molecular flexibility index (Phi) is 6.45. The molecule has 1 unspecified atom stereocenters. The fourth-order valence-electron chi connectivity index (χ4n) is 1.55. The number of nitrogens with one attached hydrogen (secondary N) is 1. The van der Waals surface area contributed by atoms with E-state index in [1.807, 2.05) is 45.0 Å². The zero-order chi connectivity index (χ0) is 14.3. The van der Waals surface area contributed by atoms with Crippen molar-refractivity contribution in [2.75, 3.05) is 13.2 Å². The summed E-state index contributed by atoms with van der Waals surface area (Å²) >= 11 is 0. The maximum atomic E-state index is 9.75. The van der Waals surface area contributed by atoms with Gasteiger partial charge in [0.15, 0.2) is 0 Å². The van der Waals surface area contributed by atoms with Gasteiger partial charge in [0.05, 0.1) is 24.9 Å². The van der Waals surface area contributed by atoms with Crippen molar-refractivity contribution in [3.05, 3.63) is 35.4 Å². The third kappa shape index (κ3) is 7.28. The van der Waals surface area contributed by atoms with E-state index in [1.54, 1.807) is 0 Å². The largest absolute Gasteiger partial charge is 0.392 e.